The number of carbonyl (C=O) groups is 2. The molecule has 0 aliphatic heterocycles. The Morgan fingerprint density at radius 1 is 0.600 bits per heavy atom. The molecule has 0 aliphatic rings. The molecule has 0 fully saturated rings. The molecule has 5 rings (SSSR count). The van der Waals surface area contributed by atoms with Crippen molar-refractivity contribution in [3.05, 3.63) is 126 Å². The van der Waals surface area contributed by atoms with Gasteiger partial charge in [-0.15, -0.1) is 0 Å². The summed E-state index contributed by atoms with van der Waals surface area (Å²) in [6.07, 6.45) is 1.85. The fraction of sp³-hybridized carbons (Fsp3) is 0.237. The topological polar surface area (TPSA) is 160 Å². The van der Waals surface area contributed by atoms with Crippen LogP contribution in [0.5, 0.6) is 5.75 Å². The smallest absolute Gasteiger partial charge is 0.251 e. The van der Waals surface area contributed by atoms with Gasteiger partial charge in [-0.05, 0) is 66.9 Å². The maximum atomic E-state index is 12.7. The molecule has 0 spiro atoms. The molecule has 0 bridgehead atoms. The van der Waals surface area contributed by atoms with Crippen LogP contribution in [-0.2, 0) is 15.9 Å². The number of carbonyl (C=O) groups excluding carboxylic acids is 2. The summed E-state index contributed by atoms with van der Waals surface area (Å²) in [7, 11) is 0. The number of hydrogen-bond acceptors (Lipinski definition) is 11. The van der Waals surface area contributed by atoms with Gasteiger partial charge in [-0.1, -0.05) is 60.7 Å². The van der Waals surface area contributed by atoms with Gasteiger partial charge in [0.2, 0.25) is 17.8 Å². The lowest BCUT2D eigenvalue weighted by Crippen LogP contribution is -2.25. The van der Waals surface area contributed by atoms with E-state index >= 15 is 0 Å². The number of nitrogens with one attached hydrogen (secondary N) is 4. The lowest BCUT2D eigenvalue weighted by Gasteiger charge is -2.12. The van der Waals surface area contributed by atoms with E-state index in [2.05, 4.69) is 36.2 Å². The van der Waals surface area contributed by atoms with Gasteiger partial charge in [0.05, 0.1) is 19.8 Å². The van der Waals surface area contributed by atoms with E-state index in [-0.39, 0.29) is 29.3 Å². The number of ketones is 1. The zero-order valence-electron chi connectivity index (χ0n) is 27.7. The molecule has 0 saturated heterocycles. The molecule has 0 saturated carbocycles. The van der Waals surface area contributed by atoms with E-state index in [1.165, 1.54) is 0 Å². The van der Waals surface area contributed by atoms with Crippen molar-refractivity contribution in [2.75, 3.05) is 55.5 Å². The number of aromatic nitrogens is 3. The molecule has 1 heterocycles. The summed E-state index contributed by atoms with van der Waals surface area (Å²) in [5.74, 6) is 0.994. The summed E-state index contributed by atoms with van der Waals surface area (Å²) in [5, 5.41) is 22.1. The third kappa shape index (κ3) is 12.0. The molecule has 4 aromatic carbocycles. The molecule has 1 amide bonds. The van der Waals surface area contributed by atoms with Crippen molar-refractivity contribution >= 4 is 40.9 Å². The molecule has 12 heteroatoms. The molecular formula is C38H41N7O5. The Labute approximate surface area is 291 Å². The number of aromatic hydroxyl groups is 1. The molecule has 5 N–H and O–H groups in total. The second kappa shape index (κ2) is 19.2. The number of hydrogen-bond donors (Lipinski definition) is 5. The third-order valence-corrected chi connectivity index (χ3v) is 7.39. The lowest BCUT2D eigenvalue weighted by molar-refractivity contribution is 0.0497. The maximum absolute atomic E-state index is 12.7. The molecular weight excluding hydrogens is 634 g/mol. The van der Waals surface area contributed by atoms with Crippen LogP contribution < -0.4 is 21.3 Å². The monoisotopic (exact) mass is 675 g/mol. The van der Waals surface area contributed by atoms with Crippen LogP contribution in [-0.4, -0.2) is 71.3 Å². The maximum Gasteiger partial charge on any atom is 0.251 e. The van der Waals surface area contributed by atoms with Gasteiger partial charge < -0.3 is 35.8 Å². The zero-order valence-corrected chi connectivity index (χ0v) is 27.7. The number of phenolic OH excluding ortho intramolecular Hbond substituents is 1. The van der Waals surface area contributed by atoms with E-state index < -0.39 is 0 Å². The van der Waals surface area contributed by atoms with Crippen molar-refractivity contribution in [2.24, 2.45) is 0 Å². The SMILES string of the molecule is O=C(CCCOCCOCCNc1nc(Nc2ccc(O)cc2)nc(Nc2ccc(C(=O)NCCc3ccccc3)cc2)n1)c1ccccc1. The standard InChI is InChI=1S/C38H41N7O5/c46-33-19-17-32(18-20-33)42-38-44-36(40-23-25-50-27-26-49-24-7-12-34(47)29-10-5-2-6-11-29)43-37(45-38)41-31-15-13-30(14-16-31)35(48)39-22-21-28-8-3-1-4-9-28/h1-6,8-11,13-20,46H,7,12,21-27H2,(H,39,48)(H3,40,41,42,43,44,45). The second-order valence-electron chi connectivity index (χ2n) is 11.2. The van der Waals surface area contributed by atoms with Crippen LogP contribution in [0, 0.1) is 0 Å². The summed E-state index contributed by atoms with van der Waals surface area (Å²) in [6.45, 7) is 2.68. The van der Waals surface area contributed by atoms with Gasteiger partial charge in [0.25, 0.3) is 5.91 Å². The van der Waals surface area contributed by atoms with Gasteiger partial charge in [0.15, 0.2) is 5.78 Å². The number of phenols is 1. The van der Waals surface area contributed by atoms with Crippen molar-refractivity contribution in [2.45, 2.75) is 19.3 Å². The minimum absolute atomic E-state index is 0.113. The summed E-state index contributed by atoms with van der Waals surface area (Å²) in [4.78, 5) is 38.3. The Morgan fingerprint density at radius 3 is 1.84 bits per heavy atom. The molecule has 0 unspecified atom stereocenters. The molecule has 5 aromatic rings. The van der Waals surface area contributed by atoms with E-state index in [0.717, 1.165) is 17.5 Å². The van der Waals surface area contributed by atoms with Gasteiger partial charge in [-0.3, -0.25) is 9.59 Å². The van der Waals surface area contributed by atoms with Crippen molar-refractivity contribution in [1.82, 2.24) is 20.3 Å². The van der Waals surface area contributed by atoms with Crippen LogP contribution in [0.2, 0.25) is 0 Å². The first-order valence-electron chi connectivity index (χ1n) is 16.5. The van der Waals surface area contributed by atoms with Gasteiger partial charge >= 0.3 is 0 Å². The predicted molar refractivity (Wildman–Crippen MR) is 194 cm³/mol. The fourth-order valence-corrected chi connectivity index (χ4v) is 4.80. The van der Waals surface area contributed by atoms with Gasteiger partial charge in [-0.25, -0.2) is 0 Å². The highest BCUT2D eigenvalue weighted by Crippen LogP contribution is 2.21. The number of rotatable bonds is 20. The van der Waals surface area contributed by atoms with Crippen LogP contribution in [0.15, 0.2) is 109 Å². The molecule has 0 atom stereocenters. The summed E-state index contributed by atoms with van der Waals surface area (Å²) >= 11 is 0. The Bertz CT molecular complexity index is 1770. The summed E-state index contributed by atoms with van der Waals surface area (Å²) in [5.41, 5.74) is 3.79. The molecule has 12 nitrogen and oxygen atoms in total. The first-order valence-corrected chi connectivity index (χ1v) is 16.5. The second-order valence-corrected chi connectivity index (χ2v) is 11.2. The van der Waals surface area contributed by atoms with Crippen molar-refractivity contribution < 1.29 is 24.2 Å². The van der Waals surface area contributed by atoms with Crippen LogP contribution in [0.1, 0.15) is 39.1 Å². The first-order chi connectivity index (χ1) is 24.5. The number of Topliss-reactive ketones (excluding diaryl/α,β-unsaturated/α-hetero) is 1. The largest absolute Gasteiger partial charge is 0.508 e. The van der Waals surface area contributed by atoms with Crippen LogP contribution in [0.25, 0.3) is 0 Å². The van der Waals surface area contributed by atoms with Crippen LogP contribution in [0.4, 0.5) is 29.2 Å². The Hall–Kier alpha value is -5.85. The lowest BCUT2D eigenvalue weighted by atomic mass is 10.1. The molecule has 258 valence electrons. The molecule has 1 aromatic heterocycles. The van der Waals surface area contributed by atoms with E-state index in [1.54, 1.807) is 48.5 Å². The van der Waals surface area contributed by atoms with Crippen molar-refractivity contribution in [3.8, 4) is 5.75 Å². The molecule has 0 radical (unpaired) electrons. The van der Waals surface area contributed by atoms with E-state index in [0.29, 0.717) is 75.2 Å². The first kappa shape index (κ1) is 35.5. The van der Waals surface area contributed by atoms with Crippen molar-refractivity contribution in [1.29, 1.82) is 0 Å². The van der Waals surface area contributed by atoms with Gasteiger partial charge in [-0.2, -0.15) is 15.0 Å². The minimum atomic E-state index is -0.149. The van der Waals surface area contributed by atoms with E-state index in [9.17, 15) is 14.7 Å². The highest BCUT2D eigenvalue weighted by atomic mass is 16.5. The number of nitrogens with zero attached hydrogens (tertiary/aromatic N) is 3. The third-order valence-electron chi connectivity index (χ3n) is 7.39. The van der Waals surface area contributed by atoms with Crippen LogP contribution in [0.3, 0.4) is 0 Å². The number of amides is 1. The number of ether oxygens (including phenoxy) is 2. The predicted octanol–water partition coefficient (Wildman–Crippen LogP) is 6.15. The van der Waals surface area contributed by atoms with Crippen molar-refractivity contribution in [3.63, 3.8) is 0 Å². The molecule has 0 aliphatic carbocycles. The Kier molecular flexibility index (Phi) is 13.6. The fourth-order valence-electron chi connectivity index (χ4n) is 4.80. The number of benzene rings is 4. The van der Waals surface area contributed by atoms with Gasteiger partial charge in [0, 0.05) is 48.6 Å². The van der Waals surface area contributed by atoms with Crippen LogP contribution >= 0.6 is 0 Å². The van der Waals surface area contributed by atoms with E-state index in [4.69, 9.17) is 9.47 Å². The van der Waals surface area contributed by atoms with E-state index in [1.807, 2.05) is 60.7 Å². The average molecular weight is 676 g/mol. The van der Waals surface area contributed by atoms with Gasteiger partial charge in [0.1, 0.15) is 5.75 Å². The summed E-state index contributed by atoms with van der Waals surface area (Å²) in [6, 6.07) is 32.8. The zero-order chi connectivity index (χ0) is 34.8. The summed E-state index contributed by atoms with van der Waals surface area (Å²) < 4.78 is 11.3. The highest BCUT2D eigenvalue weighted by molar-refractivity contribution is 5.96. The minimum Gasteiger partial charge on any atom is -0.508 e. The number of anilines is 5. The average Bonchev–Trinajstić information content (AvgIpc) is 3.14. The molecule has 50 heavy (non-hydrogen) atoms. The Balaban J connectivity index is 1.08. The Morgan fingerprint density at radius 2 is 1.18 bits per heavy atom. The normalized spacial score (nSPS) is 10.7. The quantitative estimate of drug-likeness (QED) is 0.0366. The highest BCUT2D eigenvalue weighted by Gasteiger charge is 2.10.